The first-order chi connectivity index (χ1) is 15.2. The maximum atomic E-state index is 12.3. The summed E-state index contributed by atoms with van der Waals surface area (Å²) in [6, 6.07) is 16.1. The van der Waals surface area contributed by atoms with E-state index in [-0.39, 0.29) is 23.2 Å². The molecule has 6 nitrogen and oxygen atoms in total. The molecule has 0 radical (unpaired) electrons. The number of hydrogen-bond acceptors (Lipinski definition) is 5. The highest BCUT2D eigenvalue weighted by atomic mass is 32.2. The number of nitrogens with one attached hydrogen (secondary N) is 1. The van der Waals surface area contributed by atoms with E-state index in [0.717, 1.165) is 17.9 Å². The maximum absolute atomic E-state index is 12.3. The minimum absolute atomic E-state index is 0.0768. The molecular weight excluding hydrogens is 420 g/mol. The van der Waals surface area contributed by atoms with E-state index in [1.54, 1.807) is 0 Å². The Morgan fingerprint density at radius 1 is 1.09 bits per heavy atom. The van der Waals surface area contributed by atoms with E-state index in [2.05, 4.69) is 55.3 Å². The fraction of sp³-hybridized carbons (Fsp3) is 0.400. The molecular formula is C25H32N4O2S. The number of ether oxygens (including phenoxy) is 1. The number of rotatable bonds is 8. The quantitative estimate of drug-likeness (QED) is 0.454. The van der Waals surface area contributed by atoms with Gasteiger partial charge in [0.1, 0.15) is 5.75 Å². The van der Waals surface area contributed by atoms with Crippen LogP contribution in [0.25, 0.3) is 0 Å². The van der Waals surface area contributed by atoms with Crippen LogP contribution in [-0.2, 0) is 23.7 Å². The minimum atomic E-state index is -0.270. The van der Waals surface area contributed by atoms with Crippen molar-refractivity contribution in [1.29, 1.82) is 0 Å². The molecule has 0 fully saturated rings. The van der Waals surface area contributed by atoms with Crippen LogP contribution < -0.4 is 10.1 Å². The normalized spacial score (nSPS) is 12.4. The van der Waals surface area contributed by atoms with Crippen LogP contribution in [0.3, 0.4) is 0 Å². The lowest BCUT2D eigenvalue weighted by atomic mass is 9.87. The molecule has 1 aromatic heterocycles. The number of amides is 1. The Morgan fingerprint density at radius 3 is 2.34 bits per heavy atom. The molecule has 1 amide bonds. The van der Waals surface area contributed by atoms with Crippen molar-refractivity contribution in [2.45, 2.75) is 57.7 Å². The highest BCUT2D eigenvalue weighted by Gasteiger charge is 2.19. The second kappa shape index (κ2) is 10.2. The summed E-state index contributed by atoms with van der Waals surface area (Å²) in [7, 11) is 1.89. The van der Waals surface area contributed by atoms with E-state index in [1.165, 1.54) is 22.9 Å². The molecule has 2 aromatic carbocycles. The first-order valence-electron chi connectivity index (χ1n) is 10.9. The van der Waals surface area contributed by atoms with Crippen molar-refractivity contribution in [2.75, 3.05) is 11.1 Å². The maximum Gasteiger partial charge on any atom is 0.234 e. The number of thioether (sulfide) groups is 1. The summed E-state index contributed by atoms with van der Waals surface area (Å²) in [6.45, 7) is 10.6. The number of aromatic nitrogens is 3. The van der Waals surface area contributed by atoms with Crippen molar-refractivity contribution in [1.82, 2.24) is 14.8 Å². The van der Waals surface area contributed by atoms with Gasteiger partial charge in [0, 0.05) is 12.7 Å². The van der Waals surface area contributed by atoms with Gasteiger partial charge >= 0.3 is 0 Å². The van der Waals surface area contributed by atoms with E-state index >= 15 is 0 Å². The first-order valence-corrected chi connectivity index (χ1v) is 11.8. The Bertz CT molecular complexity index is 1040. The molecule has 170 valence electrons. The smallest absolute Gasteiger partial charge is 0.234 e. The van der Waals surface area contributed by atoms with Gasteiger partial charge < -0.3 is 14.6 Å². The van der Waals surface area contributed by atoms with Crippen LogP contribution in [-0.4, -0.2) is 26.4 Å². The molecule has 0 saturated carbocycles. The van der Waals surface area contributed by atoms with Crippen LogP contribution in [0.4, 0.5) is 5.69 Å². The molecule has 1 N–H and O–H groups in total. The highest BCUT2D eigenvalue weighted by Crippen LogP contribution is 2.27. The molecule has 0 bridgehead atoms. The summed E-state index contributed by atoms with van der Waals surface area (Å²) < 4.78 is 7.95. The predicted molar refractivity (Wildman–Crippen MR) is 130 cm³/mol. The van der Waals surface area contributed by atoms with Gasteiger partial charge in [0.25, 0.3) is 0 Å². The number of anilines is 1. The first kappa shape index (κ1) is 23.9. The molecule has 0 spiro atoms. The standard InChI is InChI=1S/C25H32N4O2S/c1-7-18-8-12-20(13-9-18)26-22(30)16-32-24-28-27-23(29(24)6)17(2)31-21-14-10-19(11-15-21)25(3,4)5/h8-15,17H,7,16H2,1-6H3,(H,26,30). The third kappa shape index (κ3) is 6.13. The Kier molecular flexibility index (Phi) is 7.61. The highest BCUT2D eigenvalue weighted by molar-refractivity contribution is 7.99. The number of aryl methyl sites for hydroxylation is 1. The Labute approximate surface area is 194 Å². The van der Waals surface area contributed by atoms with Crippen molar-refractivity contribution < 1.29 is 9.53 Å². The van der Waals surface area contributed by atoms with Crippen LogP contribution in [0.1, 0.15) is 57.7 Å². The lowest BCUT2D eigenvalue weighted by Gasteiger charge is -2.20. The molecule has 0 aliphatic rings. The van der Waals surface area contributed by atoms with Gasteiger partial charge in [-0.05, 0) is 54.2 Å². The largest absolute Gasteiger partial charge is 0.483 e. The van der Waals surface area contributed by atoms with Gasteiger partial charge in [0.2, 0.25) is 5.91 Å². The Balaban J connectivity index is 1.56. The Hall–Kier alpha value is -2.80. The van der Waals surface area contributed by atoms with E-state index in [1.807, 2.05) is 54.9 Å². The number of benzene rings is 2. The topological polar surface area (TPSA) is 69.0 Å². The Morgan fingerprint density at radius 2 is 1.75 bits per heavy atom. The van der Waals surface area contributed by atoms with Gasteiger partial charge in [-0.15, -0.1) is 10.2 Å². The molecule has 0 aliphatic heterocycles. The third-order valence-corrected chi connectivity index (χ3v) is 6.26. The number of carbonyl (C=O) groups excluding carboxylic acids is 1. The molecule has 0 saturated heterocycles. The van der Waals surface area contributed by atoms with Crippen molar-refractivity contribution in [3.05, 3.63) is 65.5 Å². The van der Waals surface area contributed by atoms with E-state index in [0.29, 0.717) is 11.0 Å². The van der Waals surface area contributed by atoms with E-state index in [4.69, 9.17) is 4.74 Å². The summed E-state index contributed by atoms with van der Waals surface area (Å²) in [5, 5.41) is 12.1. The van der Waals surface area contributed by atoms with Gasteiger partial charge in [0.05, 0.1) is 5.75 Å². The molecule has 1 unspecified atom stereocenters. The van der Waals surface area contributed by atoms with Crippen LogP contribution in [0, 0.1) is 0 Å². The average molecular weight is 453 g/mol. The fourth-order valence-corrected chi connectivity index (χ4v) is 3.97. The monoisotopic (exact) mass is 452 g/mol. The summed E-state index contributed by atoms with van der Waals surface area (Å²) in [5.74, 6) is 1.68. The van der Waals surface area contributed by atoms with E-state index < -0.39 is 0 Å². The fourth-order valence-electron chi connectivity index (χ4n) is 3.25. The van der Waals surface area contributed by atoms with Crippen molar-refractivity contribution in [3.8, 4) is 5.75 Å². The van der Waals surface area contributed by atoms with Gasteiger partial charge in [-0.25, -0.2) is 0 Å². The lowest BCUT2D eigenvalue weighted by Crippen LogP contribution is -2.15. The predicted octanol–water partition coefficient (Wildman–Crippen LogP) is 5.55. The second-order valence-corrected chi connectivity index (χ2v) is 9.76. The number of hydrogen-bond donors (Lipinski definition) is 1. The second-order valence-electron chi connectivity index (χ2n) is 8.82. The zero-order valence-corrected chi connectivity index (χ0v) is 20.5. The van der Waals surface area contributed by atoms with Crippen LogP contribution >= 0.6 is 11.8 Å². The summed E-state index contributed by atoms with van der Waals surface area (Å²) in [4.78, 5) is 12.3. The van der Waals surface area contributed by atoms with Crippen LogP contribution in [0.5, 0.6) is 5.75 Å². The van der Waals surface area contributed by atoms with E-state index in [9.17, 15) is 4.79 Å². The SMILES string of the molecule is CCc1ccc(NC(=O)CSc2nnc(C(C)Oc3ccc(C(C)(C)C)cc3)n2C)cc1. The van der Waals surface area contributed by atoms with Crippen molar-refractivity contribution in [3.63, 3.8) is 0 Å². The van der Waals surface area contributed by atoms with Crippen molar-refractivity contribution >= 4 is 23.4 Å². The summed E-state index contributed by atoms with van der Waals surface area (Å²) in [6.07, 6.45) is 0.705. The van der Waals surface area contributed by atoms with Crippen LogP contribution in [0.2, 0.25) is 0 Å². The number of carbonyl (C=O) groups is 1. The van der Waals surface area contributed by atoms with Gasteiger partial charge in [-0.2, -0.15) is 0 Å². The zero-order valence-electron chi connectivity index (χ0n) is 19.7. The van der Waals surface area contributed by atoms with Gasteiger partial charge in [0.15, 0.2) is 17.1 Å². The van der Waals surface area contributed by atoms with Gasteiger partial charge in [-0.3, -0.25) is 4.79 Å². The zero-order chi connectivity index (χ0) is 23.3. The summed E-state index contributed by atoms with van der Waals surface area (Å²) >= 11 is 1.35. The van der Waals surface area contributed by atoms with Crippen LogP contribution in [0.15, 0.2) is 53.7 Å². The van der Waals surface area contributed by atoms with Crippen molar-refractivity contribution in [2.24, 2.45) is 7.05 Å². The number of nitrogens with zero attached hydrogens (tertiary/aromatic N) is 3. The third-order valence-electron chi connectivity index (χ3n) is 5.24. The molecule has 3 rings (SSSR count). The van der Waals surface area contributed by atoms with Gasteiger partial charge in [-0.1, -0.05) is 63.7 Å². The average Bonchev–Trinajstić information content (AvgIpc) is 3.13. The molecule has 7 heteroatoms. The molecule has 0 aliphatic carbocycles. The minimum Gasteiger partial charge on any atom is -0.483 e. The molecule has 3 aromatic rings. The lowest BCUT2D eigenvalue weighted by molar-refractivity contribution is -0.113. The molecule has 1 atom stereocenters. The molecule has 1 heterocycles. The molecule has 32 heavy (non-hydrogen) atoms. The summed E-state index contributed by atoms with van der Waals surface area (Å²) in [5.41, 5.74) is 3.40.